The summed E-state index contributed by atoms with van der Waals surface area (Å²) in [5, 5.41) is 0. The molecule has 0 aliphatic rings. The molecule has 0 amide bonds. The van der Waals surface area contributed by atoms with Crippen molar-refractivity contribution < 1.29 is 8.78 Å². The Bertz CT molecular complexity index is 630. The second-order valence-electron chi connectivity index (χ2n) is 5.47. The Morgan fingerprint density at radius 1 is 1.00 bits per heavy atom. The number of rotatable bonds is 4. The maximum Gasteiger partial charge on any atom is 0.159 e. The minimum absolute atomic E-state index is 0.264. The molecule has 0 saturated heterocycles. The molecule has 1 unspecified atom stereocenters. The molecule has 0 aliphatic heterocycles. The predicted molar refractivity (Wildman–Crippen MR) is 80.8 cm³/mol. The lowest BCUT2D eigenvalue weighted by Crippen LogP contribution is -2.30. The van der Waals surface area contributed by atoms with Crippen molar-refractivity contribution in [3.63, 3.8) is 0 Å². The van der Waals surface area contributed by atoms with Crippen molar-refractivity contribution in [2.75, 3.05) is 0 Å². The molecule has 0 spiro atoms. The molecular weight excluding hydrogens is 270 g/mol. The third-order valence-electron chi connectivity index (χ3n) is 3.80. The van der Waals surface area contributed by atoms with E-state index >= 15 is 0 Å². The molecule has 0 aromatic heterocycles. The van der Waals surface area contributed by atoms with Gasteiger partial charge in [-0.05, 0) is 61.6 Å². The van der Waals surface area contributed by atoms with Crippen molar-refractivity contribution in [3.8, 4) is 0 Å². The number of hydrazine groups is 1. The molecule has 2 rings (SSSR count). The summed E-state index contributed by atoms with van der Waals surface area (Å²) in [5.74, 6) is 3.90. The van der Waals surface area contributed by atoms with Crippen molar-refractivity contribution in [1.82, 2.24) is 5.43 Å². The first-order valence-corrected chi connectivity index (χ1v) is 6.90. The van der Waals surface area contributed by atoms with Gasteiger partial charge in [-0.25, -0.2) is 8.78 Å². The highest BCUT2D eigenvalue weighted by molar-refractivity contribution is 5.39. The van der Waals surface area contributed by atoms with Gasteiger partial charge in [0.2, 0.25) is 0 Å². The van der Waals surface area contributed by atoms with Crippen LogP contribution in [0.3, 0.4) is 0 Å². The van der Waals surface area contributed by atoms with Gasteiger partial charge in [-0.3, -0.25) is 11.3 Å². The topological polar surface area (TPSA) is 38.0 Å². The molecule has 0 saturated carbocycles. The van der Waals surface area contributed by atoms with Crippen molar-refractivity contribution in [2.45, 2.75) is 33.2 Å². The Balaban J connectivity index is 2.33. The molecule has 3 N–H and O–H groups in total. The molecular formula is C17H20F2N2. The van der Waals surface area contributed by atoms with Gasteiger partial charge in [-0.2, -0.15) is 0 Å². The molecule has 0 fully saturated rings. The summed E-state index contributed by atoms with van der Waals surface area (Å²) in [5.41, 5.74) is 8.06. The highest BCUT2D eigenvalue weighted by Crippen LogP contribution is 2.24. The van der Waals surface area contributed by atoms with E-state index in [1.54, 1.807) is 6.07 Å². The first kappa shape index (κ1) is 15.6. The van der Waals surface area contributed by atoms with Crippen LogP contribution in [0, 0.1) is 32.4 Å². The Hall–Kier alpha value is -1.78. The Morgan fingerprint density at radius 2 is 1.62 bits per heavy atom. The Morgan fingerprint density at radius 3 is 2.14 bits per heavy atom. The molecule has 2 aromatic rings. The maximum absolute atomic E-state index is 13.4. The average molecular weight is 290 g/mol. The fourth-order valence-corrected chi connectivity index (χ4v) is 2.74. The monoisotopic (exact) mass is 290 g/mol. The van der Waals surface area contributed by atoms with Gasteiger partial charge in [0.25, 0.3) is 0 Å². The van der Waals surface area contributed by atoms with Gasteiger partial charge in [-0.1, -0.05) is 23.8 Å². The van der Waals surface area contributed by atoms with E-state index in [0.717, 1.165) is 6.07 Å². The zero-order chi connectivity index (χ0) is 15.6. The van der Waals surface area contributed by atoms with E-state index in [4.69, 9.17) is 5.84 Å². The average Bonchev–Trinajstić information content (AvgIpc) is 2.41. The minimum atomic E-state index is -0.856. The third kappa shape index (κ3) is 3.46. The predicted octanol–water partition coefficient (Wildman–Crippen LogP) is 3.64. The quantitative estimate of drug-likeness (QED) is 0.666. The molecule has 0 aliphatic carbocycles. The molecule has 4 heteroatoms. The molecule has 0 radical (unpaired) electrons. The van der Waals surface area contributed by atoms with E-state index in [-0.39, 0.29) is 6.04 Å². The van der Waals surface area contributed by atoms with E-state index < -0.39 is 11.6 Å². The van der Waals surface area contributed by atoms with E-state index in [9.17, 15) is 8.78 Å². The molecule has 112 valence electrons. The Labute approximate surface area is 124 Å². The number of hydrogen-bond donors (Lipinski definition) is 2. The van der Waals surface area contributed by atoms with Crippen LogP contribution in [0.1, 0.15) is 33.9 Å². The first-order chi connectivity index (χ1) is 9.92. The van der Waals surface area contributed by atoms with Crippen LogP contribution >= 0.6 is 0 Å². The summed E-state index contributed by atoms with van der Waals surface area (Å²) in [6, 6.07) is 7.84. The van der Waals surface area contributed by atoms with Gasteiger partial charge in [0, 0.05) is 0 Å². The van der Waals surface area contributed by atoms with Crippen molar-refractivity contribution in [2.24, 2.45) is 5.84 Å². The summed E-state index contributed by atoms with van der Waals surface area (Å²) in [7, 11) is 0. The fourth-order valence-electron chi connectivity index (χ4n) is 2.74. The van der Waals surface area contributed by atoms with Crippen LogP contribution in [-0.2, 0) is 6.42 Å². The molecule has 0 bridgehead atoms. The van der Waals surface area contributed by atoms with Crippen molar-refractivity contribution in [3.05, 3.63) is 69.8 Å². The summed E-state index contributed by atoms with van der Waals surface area (Å²) >= 11 is 0. The SMILES string of the molecule is Cc1cc(C)c(CC(NN)c2ccc(F)c(F)c2)c(C)c1. The largest absolute Gasteiger partial charge is 0.271 e. The van der Waals surface area contributed by atoms with Crippen LogP contribution in [0.2, 0.25) is 0 Å². The van der Waals surface area contributed by atoms with Gasteiger partial charge >= 0.3 is 0 Å². The maximum atomic E-state index is 13.4. The second kappa shape index (κ2) is 6.33. The van der Waals surface area contributed by atoms with Gasteiger partial charge < -0.3 is 0 Å². The minimum Gasteiger partial charge on any atom is -0.271 e. The molecule has 0 heterocycles. The van der Waals surface area contributed by atoms with E-state index in [2.05, 4.69) is 24.5 Å². The number of hydrogen-bond acceptors (Lipinski definition) is 2. The normalized spacial score (nSPS) is 12.5. The zero-order valence-electron chi connectivity index (χ0n) is 12.5. The van der Waals surface area contributed by atoms with Crippen molar-refractivity contribution in [1.29, 1.82) is 0 Å². The molecule has 2 aromatic carbocycles. The van der Waals surface area contributed by atoms with Crippen LogP contribution in [0.25, 0.3) is 0 Å². The molecule has 2 nitrogen and oxygen atoms in total. The zero-order valence-corrected chi connectivity index (χ0v) is 12.5. The fraction of sp³-hybridized carbons (Fsp3) is 0.294. The van der Waals surface area contributed by atoms with Crippen LogP contribution in [0.4, 0.5) is 8.78 Å². The lowest BCUT2D eigenvalue weighted by molar-refractivity contribution is 0.497. The number of nitrogens with two attached hydrogens (primary N) is 1. The van der Waals surface area contributed by atoms with Gasteiger partial charge in [-0.15, -0.1) is 0 Å². The number of halogens is 2. The highest BCUT2D eigenvalue weighted by atomic mass is 19.2. The molecule has 21 heavy (non-hydrogen) atoms. The van der Waals surface area contributed by atoms with Gasteiger partial charge in [0.1, 0.15) is 0 Å². The van der Waals surface area contributed by atoms with Gasteiger partial charge in [0.15, 0.2) is 11.6 Å². The van der Waals surface area contributed by atoms with E-state index in [0.29, 0.717) is 12.0 Å². The first-order valence-electron chi connectivity index (χ1n) is 6.90. The Kier molecular flexibility index (Phi) is 4.70. The number of aryl methyl sites for hydroxylation is 3. The highest BCUT2D eigenvalue weighted by Gasteiger charge is 2.15. The smallest absolute Gasteiger partial charge is 0.159 e. The van der Waals surface area contributed by atoms with Gasteiger partial charge in [0.05, 0.1) is 6.04 Å². The standard InChI is InChI=1S/C17H20F2N2/c1-10-6-11(2)14(12(3)7-10)9-17(21-20)13-4-5-15(18)16(19)8-13/h4-8,17,21H,9,20H2,1-3H3. The van der Waals surface area contributed by atoms with E-state index in [1.165, 1.54) is 28.3 Å². The lowest BCUT2D eigenvalue weighted by atomic mass is 9.92. The second-order valence-corrected chi connectivity index (χ2v) is 5.47. The number of benzene rings is 2. The van der Waals surface area contributed by atoms with Crippen LogP contribution in [-0.4, -0.2) is 0 Å². The summed E-state index contributed by atoms with van der Waals surface area (Å²) in [6.45, 7) is 6.15. The van der Waals surface area contributed by atoms with Crippen LogP contribution in [0.15, 0.2) is 30.3 Å². The van der Waals surface area contributed by atoms with Crippen molar-refractivity contribution >= 4 is 0 Å². The summed E-state index contributed by atoms with van der Waals surface area (Å²) < 4.78 is 26.4. The summed E-state index contributed by atoms with van der Waals surface area (Å²) in [4.78, 5) is 0. The van der Waals surface area contributed by atoms with E-state index in [1.807, 2.05) is 13.8 Å². The van der Waals surface area contributed by atoms with Crippen LogP contribution in [0.5, 0.6) is 0 Å². The lowest BCUT2D eigenvalue weighted by Gasteiger charge is -2.20. The number of nitrogens with one attached hydrogen (secondary N) is 1. The summed E-state index contributed by atoms with van der Waals surface area (Å²) in [6.07, 6.45) is 0.625. The third-order valence-corrected chi connectivity index (χ3v) is 3.80. The van der Waals surface area contributed by atoms with Crippen LogP contribution < -0.4 is 11.3 Å². The molecule has 1 atom stereocenters.